The lowest BCUT2D eigenvalue weighted by atomic mass is 10.1. The zero-order valence-corrected chi connectivity index (χ0v) is 14.4. The zero-order valence-electron chi connectivity index (χ0n) is 14.4. The maximum Gasteiger partial charge on any atom is 0.274 e. The molecule has 1 aromatic heterocycles. The lowest BCUT2D eigenvalue weighted by molar-refractivity contribution is 0.0675. The first-order chi connectivity index (χ1) is 11.6. The Kier molecular flexibility index (Phi) is 5.00. The summed E-state index contributed by atoms with van der Waals surface area (Å²) in [7, 11) is 1.73. The van der Waals surface area contributed by atoms with Crippen LogP contribution < -0.4 is 0 Å². The zero-order chi connectivity index (χ0) is 17.1. The third kappa shape index (κ3) is 3.08. The van der Waals surface area contributed by atoms with Gasteiger partial charge in [0, 0.05) is 19.2 Å². The third-order valence-corrected chi connectivity index (χ3v) is 4.85. The van der Waals surface area contributed by atoms with Crippen molar-refractivity contribution in [3.8, 4) is 11.4 Å². The number of hydrogen-bond donors (Lipinski definition) is 1. The number of aliphatic hydroxyl groups is 1. The summed E-state index contributed by atoms with van der Waals surface area (Å²) in [4.78, 5) is 19.2. The average molecular weight is 327 g/mol. The summed E-state index contributed by atoms with van der Waals surface area (Å²) in [6, 6.07) is 9.83. The van der Waals surface area contributed by atoms with Gasteiger partial charge in [-0.05, 0) is 26.2 Å². The Labute approximate surface area is 142 Å². The molecule has 1 aromatic carbocycles. The number of aliphatic hydroxyl groups excluding tert-OH is 1. The van der Waals surface area contributed by atoms with Crippen LogP contribution in [0.4, 0.5) is 0 Å². The van der Waals surface area contributed by atoms with Crippen LogP contribution in [-0.4, -0.2) is 45.2 Å². The highest BCUT2D eigenvalue weighted by molar-refractivity contribution is 5.94. The molecule has 1 amide bonds. The van der Waals surface area contributed by atoms with Gasteiger partial charge in [-0.3, -0.25) is 4.79 Å². The van der Waals surface area contributed by atoms with Gasteiger partial charge in [-0.25, -0.2) is 4.98 Å². The highest BCUT2D eigenvalue weighted by Crippen LogP contribution is 2.27. The minimum Gasteiger partial charge on any atom is -0.394 e. The van der Waals surface area contributed by atoms with Gasteiger partial charge in [-0.2, -0.15) is 0 Å². The van der Waals surface area contributed by atoms with Gasteiger partial charge < -0.3 is 14.6 Å². The topological polar surface area (TPSA) is 58.4 Å². The second-order valence-electron chi connectivity index (χ2n) is 6.51. The number of hydrogen-bond acceptors (Lipinski definition) is 3. The van der Waals surface area contributed by atoms with Crippen LogP contribution in [0.25, 0.3) is 11.4 Å². The summed E-state index contributed by atoms with van der Waals surface area (Å²) < 4.78 is 2.22. The summed E-state index contributed by atoms with van der Waals surface area (Å²) in [6.07, 6.45) is 4.24. The van der Waals surface area contributed by atoms with E-state index in [4.69, 9.17) is 4.98 Å². The van der Waals surface area contributed by atoms with Crippen molar-refractivity contribution in [1.29, 1.82) is 0 Å². The Morgan fingerprint density at radius 2 is 2.04 bits per heavy atom. The fraction of sp³-hybridized carbons (Fsp3) is 0.474. The van der Waals surface area contributed by atoms with Crippen LogP contribution >= 0.6 is 0 Å². The molecule has 0 spiro atoms. The Hall–Kier alpha value is -2.14. The van der Waals surface area contributed by atoms with Gasteiger partial charge in [0.05, 0.1) is 18.3 Å². The van der Waals surface area contributed by atoms with Crippen molar-refractivity contribution >= 4 is 5.91 Å². The van der Waals surface area contributed by atoms with Crippen molar-refractivity contribution in [2.45, 2.75) is 45.2 Å². The Morgan fingerprint density at radius 3 is 2.75 bits per heavy atom. The summed E-state index contributed by atoms with van der Waals surface area (Å²) in [5, 5.41) is 9.35. The van der Waals surface area contributed by atoms with Crippen molar-refractivity contribution in [1.82, 2.24) is 14.5 Å². The number of nitrogens with zero attached hydrogens (tertiary/aromatic N) is 3. The summed E-state index contributed by atoms with van der Waals surface area (Å²) in [5.74, 6) is 0.769. The van der Waals surface area contributed by atoms with E-state index in [0.29, 0.717) is 5.69 Å². The van der Waals surface area contributed by atoms with E-state index in [2.05, 4.69) is 4.57 Å². The summed E-state index contributed by atoms with van der Waals surface area (Å²) in [5.41, 5.74) is 2.62. The van der Waals surface area contributed by atoms with Gasteiger partial charge in [-0.15, -0.1) is 0 Å². The van der Waals surface area contributed by atoms with Crippen molar-refractivity contribution in [3.05, 3.63) is 41.7 Å². The molecule has 0 radical (unpaired) electrons. The Bertz CT molecular complexity index is 709. The van der Waals surface area contributed by atoms with Crippen molar-refractivity contribution in [2.75, 3.05) is 13.7 Å². The predicted octanol–water partition coefficient (Wildman–Crippen LogP) is 2.73. The summed E-state index contributed by atoms with van der Waals surface area (Å²) >= 11 is 0. The minimum atomic E-state index is -0.221. The Morgan fingerprint density at radius 1 is 1.29 bits per heavy atom. The lowest BCUT2D eigenvalue weighted by Gasteiger charge is -2.22. The van der Waals surface area contributed by atoms with Crippen molar-refractivity contribution in [3.63, 3.8) is 0 Å². The van der Waals surface area contributed by atoms with Crippen LogP contribution in [0.1, 0.15) is 42.4 Å². The normalized spacial score (nSPS) is 15.5. The molecule has 2 heterocycles. The quantitative estimate of drug-likeness (QED) is 0.939. The monoisotopic (exact) mass is 327 g/mol. The van der Waals surface area contributed by atoms with E-state index in [-0.39, 0.29) is 18.6 Å². The molecule has 0 bridgehead atoms. The van der Waals surface area contributed by atoms with Crippen molar-refractivity contribution < 1.29 is 9.90 Å². The number of rotatable bonds is 4. The van der Waals surface area contributed by atoms with Crippen LogP contribution in [0.15, 0.2) is 30.3 Å². The molecule has 1 aliphatic heterocycles. The van der Waals surface area contributed by atoms with Gasteiger partial charge in [0.1, 0.15) is 11.5 Å². The molecule has 0 saturated heterocycles. The highest BCUT2D eigenvalue weighted by Gasteiger charge is 2.27. The average Bonchev–Trinajstić information content (AvgIpc) is 2.81. The molecule has 3 rings (SSSR count). The molecule has 0 fully saturated rings. The van der Waals surface area contributed by atoms with Crippen molar-refractivity contribution in [2.24, 2.45) is 0 Å². The van der Waals surface area contributed by atoms with Gasteiger partial charge in [-0.1, -0.05) is 36.8 Å². The molecule has 5 heteroatoms. The van der Waals surface area contributed by atoms with E-state index in [1.54, 1.807) is 11.9 Å². The highest BCUT2D eigenvalue weighted by atomic mass is 16.3. The molecule has 2 aromatic rings. The number of imidazole rings is 1. The first kappa shape index (κ1) is 16.7. The lowest BCUT2D eigenvalue weighted by Crippen LogP contribution is -2.38. The largest absolute Gasteiger partial charge is 0.394 e. The fourth-order valence-electron chi connectivity index (χ4n) is 3.19. The minimum absolute atomic E-state index is 0.0518. The maximum atomic E-state index is 12.9. The number of fused-ring (bicyclic) bond motifs is 1. The van der Waals surface area contributed by atoms with Gasteiger partial charge in [0.25, 0.3) is 5.91 Å². The standard InChI is InChI=1S/C19H25N3O2/c1-14(13-23)21(2)19(24)17-16-11-7-4-8-12-22(16)18(20-17)15-9-5-3-6-10-15/h3,5-6,9-10,14,23H,4,7-8,11-13H2,1-2H3. The number of likely N-dealkylation sites (N-methyl/N-ethyl adjacent to an activating group) is 1. The molecule has 24 heavy (non-hydrogen) atoms. The number of carbonyl (C=O) groups is 1. The van der Waals surface area contributed by atoms with Crippen LogP contribution in [0, 0.1) is 0 Å². The Balaban J connectivity index is 2.07. The van der Waals surface area contributed by atoms with E-state index < -0.39 is 0 Å². The first-order valence-electron chi connectivity index (χ1n) is 8.66. The van der Waals surface area contributed by atoms with E-state index in [9.17, 15) is 9.90 Å². The van der Waals surface area contributed by atoms with Gasteiger partial charge in [0.15, 0.2) is 0 Å². The smallest absolute Gasteiger partial charge is 0.274 e. The molecular weight excluding hydrogens is 302 g/mol. The van der Waals surface area contributed by atoms with Crippen LogP contribution in [0.3, 0.4) is 0 Å². The van der Waals surface area contributed by atoms with E-state index in [0.717, 1.165) is 42.9 Å². The molecule has 128 valence electrons. The molecule has 0 aliphatic carbocycles. The second-order valence-corrected chi connectivity index (χ2v) is 6.51. The van der Waals surface area contributed by atoms with E-state index in [1.165, 1.54) is 6.42 Å². The molecule has 1 unspecified atom stereocenters. The SMILES string of the molecule is CC(CO)N(C)C(=O)c1nc(-c2ccccc2)n2c1CCCCC2. The van der Waals surface area contributed by atoms with Crippen LogP contribution in [-0.2, 0) is 13.0 Å². The van der Waals surface area contributed by atoms with E-state index in [1.807, 2.05) is 37.3 Å². The molecular formula is C19H25N3O2. The summed E-state index contributed by atoms with van der Waals surface area (Å²) in [6.45, 7) is 2.69. The maximum absolute atomic E-state index is 12.9. The second kappa shape index (κ2) is 7.18. The van der Waals surface area contributed by atoms with Crippen LogP contribution in [0.5, 0.6) is 0 Å². The molecule has 5 nitrogen and oxygen atoms in total. The number of benzene rings is 1. The fourth-order valence-corrected chi connectivity index (χ4v) is 3.19. The number of aromatic nitrogens is 2. The van der Waals surface area contributed by atoms with Gasteiger partial charge >= 0.3 is 0 Å². The van der Waals surface area contributed by atoms with Crippen LogP contribution in [0.2, 0.25) is 0 Å². The number of carbonyl (C=O) groups excluding carboxylic acids is 1. The molecule has 1 aliphatic rings. The third-order valence-electron chi connectivity index (χ3n) is 4.85. The molecule has 1 N–H and O–H groups in total. The van der Waals surface area contributed by atoms with Gasteiger partial charge in [0.2, 0.25) is 0 Å². The predicted molar refractivity (Wildman–Crippen MR) is 93.9 cm³/mol. The van der Waals surface area contributed by atoms with E-state index >= 15 is 0 Å². The first-order valence-corrected chi connectivity index (χ1v) is 8.66. The number of amides is 1. The molecule has 1 atom stereocenters. The molecule has 0 saturated carbocycles.